The third-order valence-corrected chi connectivity index (χ3v) is 7.99. The normalized spacial score (nSPS) is 15.4. The van der Waals surface area contributed by atoms with Gasteiger partial charge in [-0.1, -0.05) is 29.8 Å². The van der Waals surface area contributed by atoms with E-state index in [0.717, 1.165) is 11.3 Å². The molecule has 3 rings (SSSR count). The molecule has 1 aromatic heterocycles. The molecule has 0 unspecified atom stereocenters. The van der Waals surface area contributed by atoms with E-state index in [-0.39, 0.29) is 42.1 Å². The molecule has 1 aliphatic rings. The first-order valence-electron chi connectivity index (χ1n) is 8.74. The molecule has 0 bridgehead atoms. The molecule has 2 aromatic rings. The Hall–Kier alpha value is -1.94. The number of benzene rings is 1. The summed E-state index contributed by atoms with van der Waals surface area (Å²) in [7, 11) is -3.58. The average molecular weight is 442 g/mol. The topological polar surface area (TPSA) is 86.8 Å². The summed E-state index contributed by atoms with van der Waals surface area (Å²) in [5.74, 6) is -0.330. The molecule has 0 aliphatic carbocycles. The number of hydrogen-bond acceptors (Lipinski definition) is 5. The minimum atomic E-state index is -3.58. The predicted molar refractivity (Wildman–Crippen MR) is 108 cm³/mol. The molecule has 1 fully saturated rings. The van der Waals surface area contributed by atoms with Gasteiger partial charge in [0.25, 0.3) is 15.9 Å². The van der Waals surface area contributed by atoms with Crippen LogP contribution in [0.5, 0.6) is 0 Å². The monoisotopic (exact) mass is 441 g/mol. The second-order valence-electron chi connectivity index (χ2n) is 6.22. The molecular weight excluding hydrogens is 422 g/mol. The molecule has 28 heavy (non-hydrogen) atoms. The Morgan fingerprint density at radius 1 is 1.04 bits per heavy atom. The molecule has 0 spiro atoms. The lowest BCUT2D eigenvalue weighted by Gasteiger charge is -2.33. The number of piperazine rings is 1. The standard InChI is InChI=1S/C18H20ClN3O4S2/c19-15-6-7-17(27-15)28(25,26)22-12-10-21(11-13-22)16(23)8-9-20-18(24)14-4-2-1-3-5-14/h1-7H,8-13H2,(H,20,24). The van der Waals surface area contributed by atoms with Crippen LogP contribution in [0.1, 0.15) is 16.8 Å². The zero-order chi connectivity index (χ0) is 20.1. The van der Waals surface area contributed by atoms with Crippen molar-refractivity contribution >= 4 is 44.8 Å². The van der Waals surface area contributed by atoms with E-state index < -0.39 is 10.0 Å². The van der Waals surface area contributed by atoms with Crippen LogP contribution >= 0.6 is 22.9 Å². The van der Waals surface area contributed by atoms with Gasteiger partial charge in [-0.15, -0.1) is 11.3 Å². The number of amides is 2. The highest BCUT2D eigenvalue weighted by Gasteiger charge is 2.30. The molecule has 1 N–H and O–H groups in total. The summed E-state index contributed by atoms with van der Waals surface area (Å²) < 4.78 is 27.2. The summed E-state index contributed by atoms with van der Waals surface area (Å²) in [6, 6.07) is 11.8. The van der Waals surface area contributed by atoms with Crippen LogP contribution in [0, 0.1) is 0 Å². The largest absolute Gasteiger partial charge is 0.352 e. The van der Waals surface area contributed by atoms with Gasteiger partial charge in [-0.2, -0.15) is 4.31 Å². The first-order valence-corrected chi connectivity index (χ1v) is 11.4. The van der Waals surface area contributed by atoms with E-state index in [4.69, 9.17) is 11.6 Å². The zero-order valence-electron chi connectivity index (χ0n) is 15.0. The molecule has 2 heterocycles. The number of sulfonamides is 1. The lowest BCUT2D eigenvalue weighted by molar-refractivity contribution is -0.132. The minimum absolute atomic E-state index is 0.107. The van der Waals surface area contributed by atoms with Crippen molar-refractivity contribution in [1.29, 1.82) is 0 Å². The molecule has 0 radical (unpaired) electrons. The number of halogens is 1. The highest BCUT2D eigenvalue weighted by atomic mass is 35.5. The molecule has 0 atom stereocenters. The van der Waals surface area contributed by atoms with E-state index in [1.807, 2.05) is 6.07 Å². The van der Waals surface area contributed by atoms with Gasteiger partial charge in [0, 0.05) is 44.7 Å². The molecule has 1 saturated heterocycles. The van der Waals surface area contributed by atoms with Gasteiger partial charge in [0.1, 0.15) is 4.21 Å². The maximum Gasteiger partial charge on any atom is 0.252 e. The number of rotatable bonds is 6. The molecule has 2 amide bonds. The first-order chi connectivity index (χ1) is 13.4. The number of carbonyl (C=O) groups is 2. The van der Waals surface area contributed by atoms with E-state index in [0.29, 0.717) is 23.0 Å². The highest BCUT2D eigenvalue weighted by Crippen LogP contribution is 2.28. The summed E-state index contributed by atoms with van der Waals surface area (Å²) in [6.45, 7) is 1.35. The van der Waals surface area contributed by atoms with E-state index in [1.165, 1.54) is 10.4 Å². The van der Waals surface area contributed by atoms with E-state index in [9.17, 15) is 18.0 Å². The average Bonchev–Trinajstić information content (AvgIpc) is 3.16. The predicted octanol–water partition coefficient (Wildman–Crippen LogP) is 2.05. The Labute approximate surface area is 172 Å². The lowest BCUT2D eigenvalue weighted by atomic mass is 10.2. The summed E-state index contributed by atoms with van der Waals surface area (Å²) in [5, 5.41) is 2.72. The van der Waals surface area contributed by atoms with Gasteiger partial charge in [0.15, 0.2) is 0 Å². The van der Waals surface area contributed by atoms with Crippen molar-refractivity contribution in [2.24, 2.45) is 0 Å². The van der Waals surface area contributed by atoms with Crippen molar-refractivity contribution in [2.45, 2.75) is 10.6 Å². The molecule has 0 saturated carbocycles. The zero-order valence-corrected chi connectivity index (χ0v) is 17.4. The van der Waals surface area contributed by atoms with Crippen molar-refractivity contribution in [1.82, 2.24) is 14.5 Å². The maximum atomic E-state index is 12.6. The van der Waals surface area contributed by atoms with Gasteiger partial charge in [-0.05, 0) is 24.3 Å². The van der Waals surface area contributed by atoms with Crippen LogP contribution in [-0.4, -0.2) is 62.2 Å². The smallest absolute Gasteiger partial charge is 0.252 e. The number of carbonyl (C=O) groups excluding carboxylic acids is 2. The van der Waals surface area contributed by atoms with Crippen molar-refractivity contribution in [2.75, 3.05) is 32.7 Å². The van der Waals surface area contributed by atoms with Gasteiger partial charge in [0.2, 0.25) is 5.91 Å². The van der Waals surface area contributed by atoms with Gasteiger partial charge in [-0.3, -0.25) is 9.59 Å². The molecule has 1 aliphatic heterocycles. The van der Waals surface area contributed by atoms with E-state index >= 15 is 0 Å². The molecule has 150 valence electrons. The second-order valence-corrected chi connectivity index (χ2v) is 10.1. The fourth-order valence-electron chi connectivity index (χ4n) is 2.87. The number of nitrogens with zero attached hydrogens (tertiary/aromatic N) is 2. The first kappa shape index (κ1) is 20.8. The van der Waals surface area contributed by atoms with Crippen molar-refractivity contribution in [3.63, 3.8) is 0 Å². The maximum absolute atomic E-state index is 12.6. The molecular formula is C18H20ClN3O4S2. The van der Waals surface area contributed by atoms with Crippen LogP contribution in [0.25, 0.3) is 0 Å². The summed E-state index contributed by atoms with van der Waals surface area (Å²) in [6.07, 6.45) is 0.172. The van der Waals surface area contributed by atoms with Crippen molar-refractivity contribution in [3.05, 3.63) is 52.4 Å². The fourth-order valence-corrected chi connectivity index (χ4v) is 5.93. The quantitative estimate of drug-likeness (QED) is 0.743. The van der Waals surface area contributed by atoms with Crippen LogP contribution in [0.2, 0.25) is 4.34 Å². The Bertz CT molecular complexity index is 939. The van der Waals surface area contributed by atoms with Gasteiger partial charge < -0.3 is 10.2 Å². The second kappa shape index (κ2) is 9.04. The highest BCUT2D eigenvalue weighted by molar-refractivity contribution is 7.91. The van der Waals surface area contributed by atoms with Crippen LogP contribution in [0.4, 0.5) is 0 Å². The Morgan fingerprint density at radius 3 is 2.32 bits per heavy atom. The molecule has 1 aromatic carbocycles. The number of hydrogen-bond donors (Lipinski definition) is 1. The number of thiophene rings is 1. The third-order valence-electron chi connectivity index (χ3n) is 4.39. The van der Waals surface area contributed by atoms with Gasteiger partial charge in [0.05, 0.1) is 4.34 Å². The van der Waals surface area contributed by atoms with Crippen LogP contribution < -0.4 is 5.32 Å². The van der Waals surface area contributed by atoms with Crippen LogP contribution in [0.3, 0.4) is 0 Å². The summed E-state index contributed by atoms with van der Waals surface area (Å²) in [5.41, 5.74) is 0.544. The van der Waals surface area contributed by atoms with Crippen LogP contribution in [-0.2, 0) is 14.8 Å². The molecule has 7 nitrogen and oxygen atoms in total. The Balaban J connectivity index is 1.45. The minimum Gasteiger partial charge on any atom is -0.352 e. The Morgan fingerprint density at radius 2 is 1.71 bits per heavy atom. The summed E-state index contributed by atoms with van der Waals surface area (Å²) in [4.78, 5) is 25.9. The van der Waals surface area contributed by atoms with Gasteiger partial charge >= 0.3 is 0 Å². The van der Waals surface area contributed by atoms with E-state index in [1.54, 1.807) is 35.2 Å². The van der Waals surface area contributed by atoms with E-state index in [2.05, 4.69) is 5.32 Å². The van der Waals surface area contributed by atoms with Crippen molar-refractivity contribution < 1.29 is 18.0 Å². The fraction of sp³-hybridized carbons (Fsp3) is 0.333. The van der Waals surface area contributed by atoms with Gasteiger partial charge in [-0.25, -0.2) is 8.42 Å². The third kappa shape index (κ3) is 4.91. The SMILES string of the molecule is O=C(NCCC(=O)N1CCN(S(=O)(=O)c2ccc(Cl)s2)CC1)c1ccccc1. The summed E-state index contributed by atoms with van der Waals surface area (Å²) >= 11 is 6.86. The van der Waals surface area contributed by atoms with Crippen molar-refractivity contribution in [3.8, 4) is 0 Å². The lowest BCUT2D eigenvalue weighted by Crippen LogP contribution is -2.50. The number of nitrogens with one attached hydrogen (secondary N) is 1. The Kier molecular flexibility index (Phi) is 6.71. The van der Waals surface area contributed by atoms with Crippen LogP contribution in [0.15, 0.2) is 46.7 Å². The molecule has 10 heteroatoms.